The van der Waals surface area contributed by atoms with Crippen molar-refractivity contribution in [1.29, 1.82) is 0 Å². The molecule has 5 nitrogen and oxygen atoms in total. The van der Waals surface area contributed by atoms with Crippen LogP contribution in [-0.2, 0) is 0 Å². The van der Waals surface area contributed by atoms with Crippen LogP contribution in [0.5, 0.6) is 0 Å². The van der Waals surface area contributed by atoms with Crippen LogP contribution in [-0.4, -0.2) is 27.3 Å². The van der Waals surface area contributed by atoms with E-state index in [9.17, 15) is 9.90 Å². The molecule has 1 aromatic heterocycles. The van der Waals surface area contributed by atoms with E-state index in [1.807, 2.05) is 0 Å². The molecule has 2 unspecified atom stereocenters. The van der Waals surface area contributed by atoms with Gasteiger partial charge in [-0.1, -0.05) is 12.8 Å². The molecule has 2 aliphatic carbocycles. The molecule has 1 aromatic rings. The van der Waals surface area contributed by atoms with Gasteiger partial charge < -0.3 is 15.0 Å². The predicted octanol–water partition coefficient (Wildman–Crippen LogP) is 1.54. The van der Waals surface area contributed by atoms with Gasteiger partial charge in [0.05, 0.1) is 6.10 Å². The lowest BCUT2D eigenvalue weighted by molar-refractivity contribution is 0.0763. The first-order valence-corrected chi connectivity index (χ1v) is 7.25. The highest BCUT2D eigenvalue weighted by Gasteiger charge is 2.26. The molecule has 5 heteroatoms. The average Bonchev–Trinajstić information content (AvgIpc) is 3.24. The second-order valence-corrected chi connectivity index (χ2v) is 5.71. The van der Waals surface area contributed by atoms with Gasteiger partial charge in [0.2, 0.25) is 0 Å². The molecule has 2 fully saturated rings. The first kappa shape index (κ1) is 12.7. The number of hydrogen-bond acceptors (Lipinski definition) is 4. The first-order valence-electron chi connectivity index (χ1n) is 7.25. The standard InChI is InChI=1S/C14H21N3O2/c18-12-4-2-1-3-10(12)9-16-13-14(19)17(8-7-15-13)11-5-6-11/h7-8,10-12,18H,1-6,9H2,(H,15,16). The van der Waals surface area contributed by atoms with Crippen molar-refractivity contribution in [2.24, 2.45) is 5.92 Å². The summed E-state index contributed by atoms with van der Waals surface area (Å²) in [7, 11) is 0. The van der Waals surface area contributed by atoms with Crippen molar-refractivity contribution >= 4 is 5.82 Å². The number of aliphatic hydroxyl groups excluding tert-OH is 1. The van der Waals surface area contributed by atoms with Crippen molar-refractivity contribution in [2.75, 3.05) is 11.9 Å². The maximum absolute atomic E-state index is 12.2. The van der Waals surface area contributed by atoms with Gasteiger partial charge in [0.15, 0.2) is 5.82 Å². The zero-order valence-electron chi connectivity index (χ0n) is 11.1. The van der Waals surface area contributed by atoms with E-state index in [0.717, 1.165) is 38.5 Å². The minimum atomic E-state index is -0.240. The van der Waals surface area contributed by atoms with Crippen molar-refractivity contribution in [1.82, 2.24) is 9.55 Å². The van der Waals surface area contributed by atoms with Crippen molar-refractivity contribution in [3.8, 4) is 0 Å². The van der Waals surface area contributed by atoms with Crippen molar-refractivity contribution in [2.45, 2.75) is 50.7 Å². The largest absolute Gasteiger partial charge is 0.393 e. The van der Waals surface area contributed by atoms with Crippen LogP contribution in [0.4, 0.5) is 5.82 Å². The molecule has 2 saturated carbocycles. The highest BCUT2D eigenvalue weighted by molar-refractivity contribution is 5.31. The summed E-state index contributed by atoms with van der Waals surface area (Å²) in [5, 5.41) is 13.1. The highest BCUT2D eigenvalue weighted by Crippen LogP contribution is 2.33. The Morgan fingerprint density at radius 3 is 2.84 bits per heavy atom. The van der Waals surface area contributed by atoms with Crippen LogP contribution in [0.25, 0.3) is 0 Å². The molecule has 104 valence electrons. The smallest absolute Gasteiger partial charge is 0.293 e. The maximum Gasteiger partial charge on any atom is 0.293 e. The van der Waals surface area contributed by atoms with E-state index in [4.69, 9.17) is 0 Å². The monoisotopic (exact) mass is 263 g/mol. The number of nitrogens with one attached hydrogen (secondary N) is 1. The molecule has 2 aliphatic rings. The Balaban J connectivity index is 1.66. The third-order valence-electron chi connectivity index (χ3n) is 4.21. The molecule has 0 aromatic carbocycles. The lowest BCUT2D eigenvalue weighted by atomic mass is 9.86. The highest BCUT2D eigenvalue weighted by atomic mass is 16.3. The van der Waals surface area contributed by atoms with Crippen LogP contribution in [0.3, 0.4) is 0 Å². The Labute approximate surface area is 112 Å². The van der Waals surface area contributed by atoms with Gasteiger partial charge in [-0.15, -0.1) is 0 Å². The number of anilines is 1. The van der Waals surface area contributed by atoms with Crippen LogP contribution in [0, 0.1) is 5.92 Å². The molecule has 0 amide bonds. The van der Waals surface area contributed by atoms with Gasteiger partial charge in [-0.3, -0.25) is 4.79 Å². The van der Waals surface area contributed by atoms with Crippen LogP contribution in [0.15, 0.2) is 17.2 Å². The van der Waals surface area contributed by atoms with E-state index < -0.39 is 0 Å². The summed E-state index contributed by atoms with van der Waals surface area (Å²) in [4.78, 5) is 16.3. The third kappa shape index (κ3) is 2.81. The van der Waals surface area contributed by atoms with Crippen LogP contribution in [0.2, 0.25) is 0 Å². The van der Waals surface area contributed by atoms with E-state index in [0.29, 0.717) is 18.4 Å². The quantitative estimate of drug-likeness (QED) is 0.864. The average molecular weight is 263 g/mol. The van der Waals surface area contributed by atoms with Gasteiger partial charge in [-0.2, -0.15) is 0 Å². The Bertz CT molecular complexity index is 496. The van der Waals surface area contributed by atoms with E-state index in [-0.39, 0.29) is 17.6 Å². The molecule has 2 N–H and O–H groups in total. The lowest BCUT2D eigenvalue weighted by Crippen LogP contribution is -2.32. The van der Waals surface area contributed by atoms with E-state index >= 15 is 0 Å². The van der Waals surface area contributed by atoms with E-state index in [1.54, 1.807) is 17.0 Å². The van der Waals surface area contributed by atoms with Gasteiger partial charge in [-0.05, 0) is 25.7 Å². The molecule has 0 spiro atoms. The number of aliphatic hydroxyl groups is 1. The Kier molecular flexibility index (Phi) is 3.55. The Hall–Kier alpha value is -1.36. The fourth-order valence-electron chi connectivity index (χ4n) is 2.84. The fourth-order valence-corrected chi connectivity index (χ4v) is 2.84. The lowest BCUT2D eigenvalue weighted by Gasteiger charge is -2.27. The number of rotatable bonds is 4. The second kappa shape index (κ2) is 5.33. The minimum Gasteiger partial charge on any atom is -0.393 e. The normalized spacial score (nSPS) is 27.2. The van der Waals surface area contributed by atoms with E-state index in [1.165, 1.54) is 0 Å². The second-order valence-electron chi connectivity index (χ2n) is 5.71. The first-order chi connectivity index (χ1) is 9.25. The fraction of sp³-hybridized carbons (Fsp3) is 0.714. The van der Waals surface area contributed by atoms with Crippen molar-refractivity contribution in [3.05, 3.63) is 22.7 Å². The summed E-state index contributed by atoms with van der Waals surface area (Å²) in [5.41, 5.74) is -0.0321. The molecular formula is C14H21N3O2. The van der Waals surface area contributed by atoms with Crippen LogP contribution in [0.1, 0.15) is 44.6 Å². The van der Waals surface area contributed by atoms with Crippen LogP contribution >= 0.6 is 0 Å². The summed E-state index contributed by atoms with van der Waals surface area (Å²) in [6, 6.07) is 0.372. The minimum absolute atomic E-state index is 0.0321. The number of nitrogens with zero attached hydrogens (tertiary/aromatic N) is 2. The van der Waals surface area contributed by atoms with Crippen molar-refractivity contribution in [3.63, 3.8) is 0 Å². The predicted molar refractivity (Wildman–Crippen MR) is 73.2 cm³/mol. The Morgan fingerprint density at radius 1 is 1.32 bits per heavy atom. The number of hydrogen-bond donors (Lipinski definition) is 2. The molecule has 19 heavy (non-hydrogen) atoms. The molecular weight excluding hydrogens is 242 g/mol. The number of aromatic nitrogens is 2. The molecule has 0 saturated heterocycles. The Morgan fingerprint density at radius 2 is 2.11 bits per heavy atom. The van der Waals surface area contributed by atoms with Gasteiger partial charge in [0.25, 0.3) is 5.56 Å². The third-order valence-corrected chi connectivity index (χ3v) is 4.21. The molecule has 1 heterocycles. The van der Waals surface area contributed by atoms with Gasteiger partial charge in [0, 0.05) is 30.9 Å². The zero-order chi connectivity index (χ0) is 13.2. The topological polar surface area (TPSA) is 67.2 Å². The summed E-state index contributed by atoms with van der Waals surface area (Å²) in [5.74, 6) is 0.664. The maximum atomic E-state index is 12.2. The SMILES string of the molecule is O=c1c(NCC2CCCCC2O)nccn1C1CC1. The molecule has 0 aliphatic heterocycles. The summed E-state index contributed by atoms with van der Waals surface area (Å²) < 4.78 is 1.77. The van der Waals surface area contributed by atoms with Crippen molar-refractivity contribution < 1.29 is 5.11 Å². The summed E-state index contributed by atoms with van der Waals surface area (Å²) in [6.45, 7) is 0.637. The molecule has 0 radical (unpaired) electrons. The van der Waals surface area contributed by atoms with Crippen LogP contribution < -0.4 is 10.9 Å². The van der Waals surface area contributed by atoms with Gasteiger partial charge >= 0.3 is 0 Å². The molecule has 0 bridgehead atoms. The summed E-state index contributed by atoms with van der Waals surface area (Å²) >= 11 is 0. The molecule has 2 atom stereocenters. The summed E-state index contributed by atoms with van der Waals surface area (Å²) in [6.07, 6.45) is 9.55. The zero-order valence-corrected chi connectivity index (χ0v) is 11.1. The molecule has 3 rings (SSSR count). The van der Waals surface area contributed by atoms with Gasteiger partial charge in [-0.25, -0.2) is 4.98 Å². The van der Waals surface area contributed by atoms with Gasteiger partial charge in [0.1, 0.15) is 0 Å². The van der Waals surface area contributed by atoms with E-state index in [2.05, 4.69) is 10.3 Å².